The number of aryl methyl sites for hydroxylation is 1. The molecule has 2 heterocycles. The number of nitrogens with one attached hydrogen (secondary N) is 2. The highest BCUT2D eigenvalue weighted by molar-refractivity contribution is 5.92. The number of nitrogens with zero attached hydrogens (tertiary/aromatic N) is 3. The van der Waals surface area contributed by atoms with Crippen molar-refractivity contribution in [2.24, 2.45) is 0 Å². The van der Waals surface area contributed by atoms with Crippen molar-refractivity contribution in [3.8, 4) is 11.5 Å². The van der Waals surface area contributed by atoms with Crippen LogP contribution in [0.3, 0.4) is 0 Å². The summed E-state index contributed by atoms with van der Waals surface area (Å²) in [4.78, 5) is 20.5. The fourth-order valence-corrected chi connectivity index (χ4v) is 2.51. The fraction of sp³-hybridized carbons (Fsp3) is 0.263. The summed E-state index contributed by atoms with van der Waals surface area (Å²) in [6.07, 6.45) is 3.51. The Morgan fingerprint density at radius 1 is 1.07 bits per heavy atom. The molecule has 2 aromatic heterocycles. The van der Waals surface area contributed by atoms with E-state index in [-0.39, 0.29) is 11.6 Å². The maximum Gasteiger partial charge on any atom is 0.271 e. The van der Waals surface area contributed by atoms with Gasteiger partial charge in [0.1, 0.15) is 17.3 Å². The van der Waals surface area contributed by atoms with Crippen LogP contribution in [0.4, 0.5) is 11.6 Å². The third-order valence-electron chi connectivity index (χ3n) is 3.92. The predicted molar refractivity (Wildman–Crippen MR) is 102 cm³/mol. The lowest BCUT2D eigenvalue weighted by Crippen LogP contribution is -2.26. The normalized spacial score (nSPS) is 10.4. The molecule has 9 heteroatoms. The highest BCUT2D eigenvalue weighted by Gasteiger charge is 2.09. The highest BCUT2D eigenvalue weighted by Crippen LogP contribution is 2.27. The van der Waals surface area contributed by atoms with Gasteiger partial charge in [-0.25, -0.2) is 9.97 Å². The predicted octanol–water partition coefficient (Wildman–Crippen LogP) is 2.51. The number of methoxy groups -OCH3 is 2. The van der Waals surface area contributed by atoms with Crippen molar-refractivity contribution in [2.75, 3.05) is 26.1 Å². The Labute approximate surface area is 162 Å². The maximum absolute atomic E-state index is 12.2. The van der Waals surface area contributed by atoms with Crippen LogP contribution in [0.2, 0.25) is 0 Å². The van der Waals surface area contributed by atoms with E-state index >= 15 is 0 Å². The first-order valence-electron chi connectivity index (χ1n) is 8.60. The molecule has 0 aliphatic heterocycles. The summed E-state index contributed by atoms with van der Waals surface area (Å²) in [6.45, 7) is 2.24. The minimum absolute atomic E-state index is 0.231. The molecule has 0 radical (unpaired) electrons. The van der Waals surface area contributed by atoms with Crippen LogP contribution < -0.4 is 20.1 Å². The lowest BCUT2D eigenvalue weighted by atomic mass is 10.1. The zero-order valence-corrected chi connectivity index (χ0v) is 15.9. The van der Waals surface area contributed by atoms with Crippen molar-refractivity contribution in [1.29, 1.82) is 0 Å². The summed E-state index contributed by atoms with van der Waals surface area (Å²) in [6, 6.07) is 7.39. The van der Waals surface area contributed by atoms with Crippen molar-refractivity contribution in [3.63, 3.8) is 0 Å². The lowest BCUT2D eigenvalue weighted by Gasteiger charge is -2.10. The molecule has 3 aromatic rings. The first-order chi connectivity index (χ1) is 13.6. The van der Waals surface area contributed by atoms with Crippen LogP contribution in [0.1, 0.15) is 21.8 Å². The molecule has 0 unspecified atom stereocenters. The Hall–Kier alpha value is -3.62. The summed E-state index contributed by atoms with van der Waals surface area (Å²) >= 11 is 0. The minimum atomic E-state index is -0.295. The number of anilines is 2. The van der Waals surface area contributed by atoms with E-state index in [9.17, 15) is 4.79 Å². The molecule has 1 aromatic carbocycles. The number of ether oxygens (including phenoxy) is 2. The van der Waals surface area contributed by atoms with Crippen LogP contribution in [0.5, 0.6) is 11.5 Å². The van der Waals surface area contributed by atoms with Gasteiger partial charge in [0.25, 0.3) is 5.91 Å². The average Bonchev–Trinajstić information content (AvgIpc) is 3.12. The van der Waals surface area contributed by atoms with Gasteiger partial charge >= 0.3 is 0 Å². The van der Waals surface area contributed by atoms with Crippen molar-refractivity contribution >= 4 is 17.5 Å². The molecule has 0 aliphatic carbocycles. The van der Waals surface area contributed by atoms with Crippen molar-refractivity contribution < 1.29 is 18.8 Å². The van der Waals surface area contributed by atoms with E-state index in [0.717, 1.165) is 5.56 Å². The van der Waals surface area contributed by atoms with Gasteiger partial charge in [-0.3, -0.25) is 4.79 Å². The standard InChI is InChI=1S/C19H21N5O4/c1-12-8-17(24-28-12)23-18-11-21-14(10-22-18)19(25)20-7-6-13-4-5-15(26-2)16(9-13)27-3/h4-5,8-11H,6-7H2,1-3H3,(H,20,25)(H,22,23,24). The fourth-order valence-electron chi connectivity index (χ4n) is 2.51. The second kappa shape index (κ2) is 8.85. The largest absolute Gasteiger partial charge is 0.493 e. The van der Waals surface area contributed by atoms with Crippen LogP contribution in [-0.4, -0.2) is 41.8 Å². The monoisotopic (exact) mass is 383 g/mol. The summed E-state index contributed by atoms with van der Waals surface area (Å²) in [7, 11) is 3.18. The molecule has 0 atom stereocenters. The Morgan fingerprint density at radius 3 is 2.54 bits per heavy atom. The molecule has 0 fully saturated rings. The van der Waals surface area contributed by atoms with E-state index in [1.54, 1.807) is 27.2 Å². The van der Waals surface area contributed by atoms with Gasteiger partial charge in [-0.05, 0) is 31.0 Å². The van der Waals surface area contributed by atoms with Gasteiger partial charge in [0.05, 0.1) is 26.6 Å². The highest BCUT2D eigenvalue weighted by atomic mass is 16.5. The molecule has 2 N–H and O–H groups in total. The third kappa shape index (κ3) is 4.76. The Morgan fingerprint density at radius 2 is 1.89 bits per heavy atom. The van der Waals surface area contributed by atoms with Gasteiger partial charge in [-0.15, -0.1) is 0 Å². The van der Waals surface area contributed by atoms with Gasteiger partial charge < -0.3 is 24.6 Å². The van der Waals surface area contributed by atoms with Gasteiger partial charge in [-0.1, -0.05) is 11.2 Å². The molecule has 0 spiro atoms. The summed E-state index contributed by atoms with van der Waals surface area (Å²) in [5.74, 6) is 2.70. The first-order valence-corrected chi connectivity index (χ1v) is 8.60. The number of carbonyl (C=O) groups excluding carboxylic acids is 1. The number of benzene rings is 1. The summed E-state index contributed by atoms with van der Waals surface area (Å²) < 4.78 is 15.5. The molecule has 146 valence electrons. The van der Waals surface area contributed by atoms with E-state index < -0.39 is 0 Å². The van der Waals surface area contributed by atoms with E-state index in [0.29, 0.717) is 41.9 Å². The Balaban J connectivity index is 1.52. The number of hydrogen-bond acceptors (Lipinski definition) is 8. The summed E-state index contributed by atoms with van der Waals surface area (Å²) in [5, 5.41) is 9.58. The number of amides is 1. The minimum Gasteiger partial charge on any atom is -0.493 e. The van der Waals surface area contributed by atoms with Crippen LogP contribution in [-0.2, 0) is 6.42 Å². The van der Waals surface area contributed by atoms with Crippen molar-refractivity contribution in [1.82, 2.24) is 20.4 Å². The molecule has 0 aliphatic rings. The Bertz CT molecular complexity index is 940. The smallest absolute Gasteiger partial charge is 0.271 e. The van der Waals surface area contributed by atoms with E-state index in [1.807, 2.05) is 18.2 Å². The molecule has 9 nitrogen and oxygen atoms in total. The second-order valence-corrected chi connectivity index (χ2v) is 5.93. The average molecular weight is 383 g/mol. The zero-order valence-electron chi connectivity index (χ0n) is 15.9. The molecular formula is C19H21N5O4. The Kier molecular flexibility index (Phi) is 6.05. The van der Waals surface area contributed by atoms with Gasteiger partial charge in [-0.2, -0.15) is 0 Å². The molecule has 28 heavy (non-hydrogen) atoms. The maximum atomic E-state index is 12.2. The topological polar surface area (TPSA) is 111 Å². The third-order valence-corrected chi connectivity index (χ3v) is 3.92. The number of hydrogen-bond donors (Lipinski definition) is 2. The quantitative estimate of drug-likeness (QED) is 0.610. The number of carbonyl (C=O) groups is 1. The molecule has 0 saturated heterocycles. The van der Waals surface area contributed by atoms with Gasteiger partial charge in [0.15, 0.2) is 17.3 Å². The first kappa shape index (κ1) is 19.2. The molecule has 0 bridgehead atoms. The zero-order chi connectivity index (χ0) is 19.9. The van der Waals surface area contributed by atoms with E-state index in [1.165, 1.54) is 12.4 Å². The van der Waals surface area contributed by atoms with Crippen molar-refractivity contribution in [2.45, 2.75) is 13.3 Å². The van der Waals surface area contributed by atoms with Crippen molar-refractivity contribution in [3.05, 3.63) is 53.7 Å². The summed E-state index contributed by atoms with van der Waals surface area (Å²) in [5.41, 5.74) is 1.25. The van der Waals surface area contributed by atoms with Crippen LogP contribution in [0, 0.1) is 6.92 Å². The van der Waals surface area contributed by atoms with E-state index in [2.05, 4.69) is 25.8 Å². The number of aromatic nitrogens is 3. The molecule has 0 saturated carbocycles. The van der Waals surface area contributed by atoms with Crippen LogP contribution in [0.15, 0.2) is 41.2 Å². The second-order valence-electron chi connectivity index (χ2n) is 5.93. The SMILES string of the molecule is COc1ccc(CCNC(=O)c2cnc(Nc3cc(C)on3)cn2)cc1OC. The lowest BCUT2D eigenvalue weighted by molar-refractivity contribution is 0.0949. The van der Waals surface area contributed by atoms with Gasteiger partial charge in [0.2, 0.25) is 0 Å². The van der Waals surface area contributed by atoms with E-state index in [4.69, 9.17) is 14.0 Å². The number of rotatable bonds is 8. The molecule has 3 rings (SSSR count). The van der Waals surface area contributed by atoms with Crippen LogP contribution in [0.25, 0.3) is 0 Å². The molecular weight excluding hydrogens is 362 g/mol. The molecule has 1 amide bonds. The van der Waals surface area contributed by atoms with Crippen LogP contribution >= 0.6 is 0 Å². The van der Waals surface area contributed by atoms with Gasteiger partial charge in [0, 0.05) is 12.6 Å².